The highest BCUT2D eigenvalue weighted by Gasteiger charge is 2.41. The van der Waals surface area contributed by atoms with Gasteiger partial charge in [-0.1, -0.05) is 13.8 Å². The van der Waals surface area contributed by atoms with Crippen LogP contribution in [0.25, 0.3) is 0 Å². The van der Waals surface area contributed by atoms with Crippen LogP contribution in [0.2, 0.25) is 0 Å². The number of carbonyl (C=O) groups excluding carboxylic acids is 2. The summed E-state index contributed by atoms with van der Waals surface area (Å²) in [5.41, 5.74) is -0.291. The quantitative estimate of drug-likeness (QED) is 0.799. The summed E-state index contributed by atoms with van der Waals surface area (Å²) in [5.74, 6) is 0.0514. The first-order chi connectivity index (χ1) is 8.43. The van der Waals surface area contributed by atoms with Crippen molar-refractivity contribution in [3.63, 3.8) is 0 Å². The third kappa shape index (κ3) is 2.51. The van der Waals surface area contributed by atoms with Crippen LogP contribution in [0.1, 0.15) is 33.6 Å². The van der Waals surface area contributed by atoms with Gasteiger partial charge in [0.2, 0.25) is 11.8 Å². The minimum Gasteiger partial charge on any atom is -0.373 e. The fourth-order valence-electron chi connectivity index (χ4n) is 2.84. The first-order valence-electron chi connectivity index (χ1n) is 6.64. The van der Waals surface area contributed by atoms with Crippen LogP contribution >= 0.6 is 0 Å². The second-order valence-electron chi connectivity index (χ2n) is 5.83. The Kier molecular flexibility index (Phi) is 3.61. The maximum absolute atomic E-state index is 12.0. The van der Waals surface area contributed by atoms with Crippen molar-refractivity contribution >= 4 is 11.8 Å². The van der Waals surface area contributed by atoms with Crippen LogP contribution in [-0.2, 0) is 14.3 Å². The molecule has 2 aliphatic heterocycles. The summed E-state index contributed by atoms with van der Waals surface area (Å²) in [6, 6.07) is -0.368. The van der Waals surface area contributed by atoms with Gasteiger partial charge >= 0.3 is 0 Å². The van der Waals surface area contributed by atoms with E-state index < -0.39 is 0 Å². The number of ether oxygens (including phenoxy) is 1. The highest BCUT2D eigenvalue weighted by Crippen LogP contribution is 2.28. The number of hydrogen-bond donors (Lipinski definition) is 1. The molecule has 1 N–H and O–H groups in total. The predicted molar refractivity (Wildman–Crippen MR) is 66.9 cm³/mol. The van der Waals surface area contributed by atoms with Crippen LogP contribution in [-0.4, -0.2) is 48.1 Å². The van der Waals surface area contributed by atoms with Crippen LogP contribution < -0.4 is 5.32 Å². The van der Waals surface area contributed by atoms with Crippen molar-refractivity contribution in [2.75, 3.05) is 19.7 Å². The molecule has 0 aromatic heterocycles. The van der Waals surface area contributed by atoms with Crippen LogP contribution in [0.15, 0.2) is 0 Å². The molecule has 5 heteroatoms. The van der Waals surface area contributed by atoms with E-state index in [1.807, 2.05) is 20.8 Å². The molecule has 2 amide bonds. The molecule has 2 fully saturated rings. The van der Waals surface area contributed by atoms with E-state index in [4.69, 9.17) is 4.74 Å². The molecule has 2 aliphatic rings. The van der Waals surface area contributed by atoms with Crippen molar-refractivity contribution in [1.82, 2.24) is 10.2 Å². The van der Waals surface area contributed by atoms with Gasteiger partial charge in [-0.25, -0.2) is 0 Å². The molecular weight excluding hydrogens is 232 g/mol. The van der Waals surface area contributed by atoms with Gasteiger partial charge in [-0.15, -0.1) is 0 Å². The van der Waals surface area contributed by atoms with E-state index in [9.17, 15) is 9.59 Å². The lowest BCUT2D eigenvalue weighted by Gasteiger charge is -2.41. The molecule has 2 heterocycles. The van der Waals surface area contributed by atoms with Crippen molar-refractivity contribution in [1.29, 1.82) is 0 Å². The van der Waals surface area contributed by atoms with E-state index in [-0.39, 0.29) is 35.9 Å². The number of rotatable bonds is 3. The zero-order valence-electron chi connectivity index (χ0n) is 11.4. The highest BCUT2D eigenvalue weighted by atomic mass is 16.5. The van der Waals surface area contributed by atoms with Gasteiger partial charge in [0.1, 0.15) is 6.04 Å². The molecule has 0 spiro atoms. The molecule has 18 heavy (non-hydrogen) atoms. The van der Waals surface area contributed by atoms with Gasteiger partial charge in [0, 0.05) is 6.61 Å². The molecule has 0 saturated carbocycles. The summed E-state index contributed by atoms with van der Waals surface area (Å²) >= 11 is 0. The van der Waals surface area contributed by atoms with E-state index in [1.165, 1.54) is 0 Å². The Morgan fingerprint density at radius 3 is 2.78 bits per heavy atom. The first-order valence-corrected chi connectivity index (χ1v) is 6.64. The van der Waals surface area contributed by atoms with Crippen molar-refractivity contribution in [2.24, 2.45) is 5.92 Å². The van der Waals surface area contributed by atoms with Crippen LogP contribution in [0.5, 0.6) is 0 Å². The summed E-state index contributed by atoms with van der Waals surface area (Å²) in [6.07, 6.45) is 1.97. The molecule has 0 bridgehead atoms. The Bertz CT molecular complexity index is 348. The average Bonchev–Trinajstić information content (AvgIpc) is 2.70. The molecule has 2 saturated heterocycles. The Balaban J connectivity index is 2.15. The maximum atomic E-state index is 12.0. The molecule has 2 rings (SSSR count). The normalized spacial score (nSPS) is 33.1. The van der Waals surface area contributed by atoms with Gasteiger partial charge in [-0.2, -0.15) is 0 Å². The molecule has 0 aromatic carbocycles. The first kappa shape index (κ1) is 13.3. The van der Waals surface area contributed by atoms with Gasteiger partial charge < -0.3 is 15.0 Å². The van der Waals surface area contributed by atoms with Crippen molar-refractivity contribution in [2.45, 2.75) is 45.3 Å². The molecule has 5 nitrogen and oxygen atoms in total. The minimum atomic E-state index is -0.368. The molecule has 2 atom stereocenters. The second-order valence-corrected chi connectivity index (χ2v) is 5.83. The van der Waals surface area contributed by atoms with E-state index in [0.717, 1.165) is 19.4 Å². The van der Waals surface area contributed by atoms with E-state index in [1.54, 1.807) is 4.90 Å². The standard InChI is InChI=1S/C13H22N2O3/c1-9(2)11-12(17)14-7-10(16)15(11)8-13(3)5-4-6-18-13/h9,11H,4-8H2,1-3H3,(H,14,17). The summed E-state index contributed by atoms with van der Waals surface area (Å²) in [4.78, 5) is 25.7. The van der Waals surface area contributed by atoms with Crippen LogP contribution in [0.4, 0.5) is 0 Å². The van der Waals surface area contributed by atoms with E-state index >= 15 is 0 Å². The monoisotopic (exact) mass is 254 g/mol. The van der Waals surface area contributed by atoms with Gasteiger partial charge in [0.05, 0.1) is 18.7 Å². The molecule has 0 aromatic rings. The lowest BCUT2D eigenvalue weighted by Crippen LogP contribution is -2.62. The molecule has 0 aliphatic carbocycles. The zero-order valence-corrected chi connectivity index (χ0v) is 11.4. The van der Waals surface area contributed by atoms with Crippen molar-refractivity contribution in [3.8, 4) is 0 Å². The van der Waals surface area contributed by atoms with Crippen molar-refractivity contribution < 1.29 is 14.3 Å². The lowest BCUT2D eigenvalue weighted by molar-refractivity contribution is -0.151. The molecule has 0 radical (unpaired) electrons. The number of nitrogens with one attached hydrogen (secondary N) is 1. The summed E-state index contributed by atoms with van der Waals surface area (Å²) in [6.45, 7) is 7.33. The van der Waals surface area contributed by atoms with Crippen LogP contribution in [0, 0.1) is 5.92 Å². The highest BCUT2D eigenvalue weighted by molar-refractivity contribution is 5.95. The Hall–Kier alpha value is -1.10. The third-order valence-electron chi connectivity index (χ3n) is 3.78. The lowest BCUT2D eigenvalue weighted by atomic mass is 9.95. The number of carbonyl (C=O) groups is 2. The number of amides is 2. The topological polar surface area (TPSA) is 58.6 Å². The number of hydrogen-bond acceptors (Lipinski definition) is 3. The SMILES string of the molecule is CC(C)C1C(=O)NCC(=O)N1CC1(C)CCCO1. The molecule has 102 valence electrons. The Morgan fingerprint density at radius 2 is 2.22 bits per heavy atom. The third-order valence-corrected chi connectivity index (χ3v) is 3.78. The van der Waals surface area contributed by atoms with Gasteiger partial charge in [-0.05, 0) is 25.7 Å². The van der Waals surface area contributed by atoms with Gasteiger partial charge in [0.25, 0.3) is 0 Å². The summed E-state index contributed by atoms with van der Waals surface area (Å²) < 4.78 is 5.73. The number of piperazine rings is 1. The van der Waals surface area contributed by atoms with Gasteiger partial charge in [-0.3, -0.25) is 9.59 Å². The fourth-order valence-corrected chi connectivity index (χ4v) is 2.84. The van der Waals surface area contributed by atoms with Crippen molar-refractivity contribution in [3.05, 3.63) is 0 Å². The molecule has 2 unspecified atom stereocenters. The Labute approximate surface area is 108 Å². The minimum absolute atomic E-state index is 0.00924. The zero-order chi connectivity index (χ0) is 13.3. The second kappa shape index (κ2) is 4.88. The Morgan fingerprint density at radius 1 is 1.50 bits per heavy atom. The largest absolute Gasteiger partial charge is 0.373 e. The smallest absolute Gasteiger partial charge is 0.243 e. The predicted octanol–water partition coefficient (Wildman–Crippen LogP) is 0.539. The van der Waals surface area contributed by atoms with Crippen LogP contribution in [0.3, 0.4) is 0 Å². The van der Waals surface area contributed by atoms with E-state index in [0.29, 0.717) is 6.54 Å². The van der Waals surface area contributed by atoms with Gasteiger partial charge in [0.15, 0.2) is 0 Å². The maximum Gasteiger partial charge on any atom is 0.243 e. The van der Waals surface area contributed by atoms with E-state index in [2.05, 4.69) is 5.32 Å². The molecular formula is C13H22N2O3. The summed E-state index contributed by atoms with van der Waals surface area (Å²) in [5, 5.41) is 2.66. The average molecular weight is 254 g/mol. The summed E-state index contributed by atoms with van der Waals surface area (Å²) in [7, 11) is 0. The number of nitrogens with zero attached hydrogens (tertiary/aromatic N) is 1. The fraction of sp³-hybridized carbons (Fsp3) is 0.846.